The Morgan fingerprint density at radius 3 is 1.87 bits per heavy atom. The van der Waals surface area contributed by atoms with Gasteiger partial charge in [0.05, 0.1) is 6.61 Å². The highest BCUT2D eigenvalue weighted by atomic mass is 32.1. The third-order valence-electron chi connectivity index (χ3n) is 4.89. The molecule has 3 aromatic carbocycles. The molecule has 0 saturated carbocycles. The molecule has 0 amide bonds. The minimum atomic E-state index is -0.906. The van der Waals surface area contributed by atoms with Gasteiger partial charge in [0, 0.05) is 36.7 Å². The van der Waals surface area contributed by atoms with E-state index in [9.17, 15) is 0 Å². The molecule has 1 saturated heterocycles. The summed E-state index contributed by atoms with van der Waals surface area (Å²) >= 11 is 5.38. The molecule has 5 nitrogen and oxygen atoms in total. The number of thiocarbonyl (C=S) groups is 1. The SMILES string of the molecule is S=C(NCCCOP1N(c2ccccc2)CCN1c1ccccc1)Nc1ccccc1. The molecule has 0 radical (unpaired) electrons. The van der Waals surface area contributed by atoms with E-state index in [0.29, 0.717) is 11.7 Å². The lowest BCUT2D eigenvalue weighted by Gasteiger charge is -2.30. The number of benzene rings is 3. The van der Waals surface area contributed by atoms with Crippen LogP contribution in [0.5, 0.6) is 0 Å². The Morgan fingerprint density at radius 2 is 1.32 bits per heavy atom. The minimum absolute atomic E-state index is 0.634. The fourth-order valence-corrected chi connectivity index (χ4v) is 5.64. The Morgan fingerprint density at radius 1 is 0.806 bits per heavy atom. The van der Waals surface area contributed by atoms with Crippen LogP contribution in [0.15, 0.2) is 91.0 Å². The first kappa shape index (κ1) is 21.6. The third kappa shape index (κ3) is 5.95. The summed E-state index contributed by atoms with van der Waals surface area (Å²) in [6.45, 7) is 3.33. The van der Waals surface area contributed by atoms with Crippen molar-refractivity contribution in [3.63, 3.8) is 0 Å². The fourth-order valence-electron chi connectivity index (χ4n) is 3.40. The maximum absolute atomic E-state index is 6.45. The van der Waals surface area contributed by atoms with Crippen molar-refractivity contribution >= 4 is 42.8 Å². The average Bonchev–Trinajstić information content (AvgIpc) is 3.24. The molecule has 4 rings (SSSR count). The first-order valence-electron chi connectivity index (χ1n) is 10.5. The van der Waals surface area contributed by atoms with Gasteiger partial charge in [0.25, 0.3) is 0 Å². The van der Waals surface area contributed by atoms with E-state index in [1.807, 2.05) is 30.3 Å². The van der Waals surface area contributed by atoms with E-state index < -0.39 is 8.45 Å². The Kier molecular flexibility index (Phi) is 7.72. The van der Waals surface area contributed by atoms with Crippen molar-refractivity contribution < 1.29 is 4.52 Å². The summed E-state index contributed by atoms with van der Waals surface area (Å²) in [5, 5.41) is 7.09. The quantitative estimate of drug-likeness (QED) is 0.263. The third-order valence-corrected chi connectivity index (χ3v) is 7.24. The maximum Gasteiger partial charge on any atom is 0.248 e. The Bertz CT molecular complexity index is 898. The molecule has 31 heavy (non-hydrogen) atoms. The highest BCUT2D eigenvalue weighted by Gasteiger charge is 2.34. The monoisotopic (exact) mass is 450 g/mol. The summed E-state index contributed by atoms with van der Waals surface area (Å²) in [6.07, 6.45) is 0.876. The number of nitrogens with zero attached hydrogens (tertiary/aromatic N) is 2. The maximum atomic E-state index is 6.45. The zero-order chi connectivity index (χ0) is 21.3. The molecular formula is C24H27N4OPS. The van der Waals surface area contributed by atoms with E-state index >= 15 is 0 Å². The zero-order valence-corrected chi connectivity index (χ0v) is 19.1. The van der Waals surface area contributed by atoms with Crippen molar-refractivity contribution in [2.75, 3.05) is 40.9 Å². The van der Waals surface area contributed by atoms with Gasteiger partial charge in [-0.15, -0.1) is 0 Å². The second-order valence-corrected chi connectivity index (χ2v) is 9.24. The van der Waals surface area contributed by atoms with Gasteiger partial charge in [0.2, 0.25) is 8.45 Å². The summed E-state index contributed by atoms with van der Waals surface area (Å²) in [4.78, 5) is 0. The van der Waals surface area contributed by atoms with Crippen molar-refractivity contribution in [1.29, 1.82) is 0 Å². The van der Waals surface area contributed by atoms with Crippen molar-refractivity contribution in [2.24, 2.45) is 0 Å². The molecule has 2 N–H and O–H groups in total. The molecule has 0 aliphatic carbocycles. The van der Waals surface area contributed by atoms with Gasteiger partial charge in [-0.25, -0.2) is 0 Å². The van der Waals surface area contributed by atoms with Crippen LogP contribution in [-0.4, -0.2) is 31.4 Å². The van der Waals surface area contributed by atoms with E-state index in [1.165, 1.54) is 11.4 Å². The molecule has 3 aromatic rings. The lowest BCUT2D eigenvalue weighted by atomic mass is 10.3. The van der Waals surface area contributed by atoms with Gasteiger partial charge in [0.1, 0.15) is 0 Å². The number of nitrogens with one attached hydrogen (secondary N) is 2. The molecular weight excluding hydrogens is 423 g/mol. The van der Waals surface area contributed by atoms with Crippen LogP contribution in [0.1, 0.15) is 6.42 Å². The molecule has 0 atom stereocenters. The molecule has 1 aliphatic heterocycles. The van der Waals surface area contributed by atoms with E-state index in [0.717, 1.165) is 31.7 Å². The molecule has 0 spiro atoms. The molecule has 0 unspecified atom stereocenters. The van der Waals surface area contributed by atoms with Crippen molar-refractivity contribution in [3.8, 4) is 0 Å². The highest BCUT2D eigenvalue weighted by molar-refractivity contribution is 7.80. The molecule has 1 aliphatic rings. The number of anilines is 3. The molecule has 160 valence electrons. The largest absolute Gasteiger partial charge is 0.362 e. The summed E-state index contributed by atoms with van der Waals surface area (Å²) < 4.78 is 11.2. The van der Waals surface area contributed by atoms with Crippen LogP contribution in [-0.2, 0) is 4.52 Å². The standard InChI is InChI=1S/C24H27N4OPS/c31-24(26-21-11-4-1-5-12-21)25-17-10-20-29-30-27(22-13-6-2-7-14-22)18-19-28(30)23-15-8-3-9-16-23/h1-9,11-16H,10,17-20H2,(H2,25,26,31). The van der Waals surface area contributed by atoms with E-state index in [-0.39, 0.29) is 0 Å². The first-order chi connectivity index (χ1) is 15.3. The minimum Gasteiger partial charge on any atom is -0.362 e. The Labute approximate surface area is 191 Å². The van der Waals surface area contributed by atoms with Gasteiger partial charge in [-0.05, 0) is 55.0 Å². The van der Waals surface area contributed by atoms with Crippen LogP contribution in [0.3, 0.4) is 0 Å². The van der Waals surface area contributed by atoms with Gasteiger partial charge >= 0.3 is 0 Å². The van der Waals surface area contributed by atoms with E-state index in [2.05, 4.69) is 80.6 Å². The molecule has 0 bridgehead atoms. The summed E-state index contributed by atoms with van der Waals surface area (Å²) in [5.74, 6) is 0. The summed E-state index contributed by atoms with van der Waals surface area (Å²) in [7, 11) is -0.906. The van der Waals surface area contributed by atoms with Gasteiger partial charge in [0.15, 0.2) is 5.11 Å². The number of rotatable bonds is 8. The highest BCUT2D eigenvalue weighted by Crippen LogP contribution is 2.53. The lowest BCUT2D eigenvalue weighted by Crippen LogP contribution is -2.29. The molecule has 7 heteroatoms. The van der Waals surface area contributed by atoms with Gasteiger partial charge in [-0.3, -0.25) is 0 Å². The molecule has 1 heterocycles. The van der Waals surface area contributed by atoms with Crippen LogP contribution >= 0.6 is 20.7 Å². The second kappa shape index (κ2) is 11.1. The Hall–Kier alpha value is -2.66. The first-order valence-corrected chi connectivity index (χ1v) is 12.1. The average molecular weight is 451 g/mol. The normalized spacial score (nSPS) is 13.9. The molecule has 1 fully saturated rings. The summed E-state index contributed by atoms with van der Waals surface area (Å²) in [6, 6.07) is 31.0. The Balaban J connectivity index is 1.31. The van der Waals surface area contributed by atoms with Crippen LogP contribution in [0.4, 0.5) is 17.1 Å². The van der Waals surface area contributed by atoms with Crippen LogP contribution in [0.25, 0.3) is 0 Å². The van der Waals surface area contributed by atoms with Crippen LogP contribution in [0.2, 0.25) is 0 Å². The number of hydrogen-bond acceptors (Lipinski definition) is 4. The van der Waals surface area contributed by atoms with Crippen molar-refractivity contribution in [2.45, 2.75) is 6.42 Å². The second-order valence-electron chi connectivity index (χ2n) is 7.10. The summed E-state index contributed by atoms with van der Waals surface area (Å²) in [5.41, 5.74) is 3.40. The molecule has 0 aromatic heterocycles. The predicted molar refractivity (Wildman–Crippen MR) is 136 cm³/mol. The fraction of sp³-hybridized carbons (Fsp3) is 0.208. The smallest absolute Gasteiger partial charge is 0.248 e. The van der Waals surface area contributed by atoms with Crippen molar-refractivity contribution in [1.82, 2.24) is 5.32 Å². The van der Waals surface area contributed by atoms with Crippen LogP contribution in [0, 0.1) is 0 Å². The van der Waals surface area contributed by atoms with E-state index in [4.69, 9.17) is 16.7 Å². The topological polar surface area (TPSA) is 39.8 Å². The van der Waals surface area contributed by atoms with Gasteiger partial charge in [-0.2, -0.15) is 0 Å². The van der Waals surface area contributed by atoms with E-state index in [1.54, 1.807) is 0 Å². The predicted octanol–water partition coefficient (Wildman–Crippen LogP) is 5.63. The lowest BCUT2D eigenvalue weighted by molar-refractivity contribution is 0.344. The van der Waals surface area contributed by atoms with Crippen molar-refractivity contribution in [3.05, 3.63) is 91.0 Å². The van der Waals surface area contributed by atoms with Gasteiger partial charge in [-0.1, -0.05) is 54.6 Å². The number of hydrogen-bond donors (Lipinski definition) is 2. The zero-order valence-electron chi connectivity index (χ0n) is 17.4. The number of para-hydroxylation sites is 3. The van der Waals surface area contributed by atoms with Crippen LogP contribution < -0.4 is 20.0 Å². The van der Waals surface area contributed by atoms with Gasteiger partial charge < -0.3 is 24.5 Å².